The fraction of sp³-hybridized carbons (Fsp3) is 0.375. The molecular weight excluding hydrogens is 512 g/mol. The molecule has 2 aromatic rings. The Kier molecular flexibility index (Phi) is 8.93. The first kappa shape index (κ1) is 27.4. The highest BCUT2D eigenvalue weighted by atomic mass is 35.5. The highest BCUT2D eigenvalue weighted by Crippen LogP contribution is 2.31. The number of carbonyl (C=O) groups excluding carboxylic acids is 3. The van der Waals surface area contributed by atoms with E-state index in [1.165, 1.54) is 54.9 Å². The third kappa shape index (κ3) is 6.15. The van der Waals surface area contributed by atoms with Crippen LogP contribution < -0.4 is 10.1 Å². The molecule has 0 unspecified atom stereocenters. The molecular formula is C24H27ClN2O8S. The summed E-state index contributed by atoms with van der Waals surface area (Å²) in [5.41, 5.74) is 0.286. The zero-order valence-corrected chi connectivity index (χ0v) is 21.6. The maximum absolute atomic E-state index is 13.2. The topological polar surface area (TPSA) is 128 Å². The van der Waals surface area contributed by atoms with Crippen LogP contribution in [0.25, 0.3) is 0 Å². The molecule has 194 valence electrons. The highest BCUT2D eigenvalue weighted by molar-refractivity contribution is 7.89. The van der Waals surface area contributed by atoms with Gasteiger partial charge in [0.25, 0.3) is 0 Å². The van der Waals surface area contributed by atoms with Gasteiger partial charge in [-0.05, 0) is 56.2 Å². The number of hydrogen-bond acceptors (Lipinski definition) is 8. The van der Waals surface area contributed by atoms with Crippen molar-refractivity contribution < 1.29 is 37.0 Å². The van der Waals surface area contributed by atoms with Crippen LogP contribution in [-0.4, -0.2) is 64.5 Å². The van der Waals surface area contributed by atoms with Gasteiger partial charge in [0.1, 0.15) is 5.75 Å². The van der Waals surface area contributed by atoms with Crippen molar-refractivity contribution >= 4 is 45.2 Å². The summed E-state index contributed by atoms with van der Waals surface area (Å²) < 4.78 is 42.5. The van der Waals surface area contributed by atoms with E-state index in [-0.39, 0.29) is 39.8 Å². The van der Waals surface area contributed by atoms with Gasteiger partial charge in [-0.15, -0.1) is 0 Å². The van der Waals surface area contributed by atoms with E-state index in [1.54, 1.807) is 6.92 Å². The molecule has 0 aromatic heterocycles. The van der Waals surface area contributed by atoms with E-state index in [1.807, 2.05) is 0 Å². The molecule has 0 radical (unpaired) electrons. The number of anilines is 1. The molecule has 1 aliphatic heterocycles. The molecule has 1 heterocycles. The number of amides is 1. The Morgan fingerprint density at radius 2 is 1.69 bits per heavy atom. The summed E-state index contributed by atoms with van der Waals surface area (Å²) in [4.78, 5) is 37.1. The van der Waals surface area contributed by atoms with Crippen molar-refractivity contribution in [2.75, 3.05) is 39.2 Å². The summed E-state index contributed by atoms with van der Waals surface area (Å²) >= 11 is 6.18. The number of nitrogens with one attached hydrogen (secondary N) is 1. The van der Waals surface area contributed by atoms with Crippen LogP contribution in [0.4, 0.5) is 5.69 Å². The molecule has 36 heavy (non-hydrogen) atoms. The van der Waals surface area contributed by atoms with E-state index in [0.29, 0.717) is 25.2 Å². The number of ether oxygens (including phenoxy) is 3. The van der Waals surface area contributed by atoms with Gasteiger partial charge < -0.3 is 19.5 Å². The van der Waals surface area contributed by atoms with E-state index in [2.05, 4.69) is 5.32 Å². The number of halogens is 1. The summed E-state index contributed by atoms with van der Waals surface area (Å²) in [6.45, 7) is 2.39. The third-order valence-electron chi connectivity index (χ3n) is 5.64. The molecule has 12 heteroatoms. The molecule has 1 N–H and O–H groups in total. The number of sulfonamides is 1. The molecule has 0 aliphatic carbocycles. The zero-order chi connectivity index (χ0) is 26.5. The lowest BCUT2D eigenvalue weighted by atomic mass is 9.98. The third-order valence-corrected chi connectivity index (χ3v) is 7.80. The number of piperidine rings is 1. The molecule has 1 aliphatic rings. The summed E-state index contributed by atoms with van der Waals surface area (Å²) in [5, 5.41) is 2.86. The number of benzene rings is 2. The normalized spacial score (nSPS) is 16.2. The standard InChI is InChI=1S/C24H27ClN2O8S/c1-4-35-21-8-7-19(13-20(21)25)36(31,32)27-9-5-6-15(14-27)22(28)26-18-11-16(23(29)33-2)10-17(12-18)24(30)34-3/h7-8,10-13,15H,4-6,9,14H2,1-3H3,(H,26,28)/t15-/m0/s1. The first-order chi connectivity index (χ1) is 17.1. The average Bonchev–Trinajstić information content (AvgIpc) is 2.88. The Bertz CT molecular complexity index is 1230. The number of methoxy groups -OCH3 is 2. The minimum Gasteiger partial charge on any atom is -0.492 e. The predicted molar refractivity (Wildman–Crippen MR) is 132 cm³/mol. The molecule has 3 rings (SSSR count). The molecule has 1 amide bonds. The Morgan fingerprint density at radius 3 is 2.25 bits per heavy atom. The number of hydrogen-bond donors (Lipinski definition) is 1. The number of nitrogens with zero attached hydrogens (tertiary/aromatic N) is 1. The predicted octanol–water partition coefficient (Wildman–Crippen LogP) is 3.35. The van der Waals surface area contributed by atoms with Crippen molar-refractivity contribution in [3.63, 3.8) is 0 Å². The molecule has 1 saturated heterocycles. The zero-order valence-electron chi connectivity index (χ0n) is 20.1. The quantitative estimate of drug-likeness (QED) is 0.507. The van der Waals surface area contributed by atoms with Gasteiger partial charge in [-0.25, -0.2) is 18.0 Å². The van der Waals surface area contributed by atoms with E-state index >= 15 is 0 Å². The minimum atomic E-state index is -3.91. The van der Waals surface area contributed by atoms with E-state index in [0.717, 1.165) is 0 Å². The maximum Gasteiger partial charge on any atom is 0.337 e. The monoisotopic (exact) mass is 538 g/mol. The van der Waals surface area contributed by atoms with E-state index < -0.39 is 33.8 Å². The van der Waals surface area contributed by atoms with E-state index in [9.17, 15) is 22.8 Å². The van der Waals surface area contributed by atoms with Crippen molar-refractivity contribution in [2.24, 2.45) is 5.92 Å². The first-order valence-corrected chi connectivity index (χ1v) is 13.0. The van der Waals surface area contributed by atoms with Gasteiger partial charge in [-0.2, -0.15) is 4.31 Å². The summed E-state index contributed by atoms with van der Waals surface area (Å²) in [7, 11) is -1.52. The SMILES string of the molecule is CCOc1ccc(S(=O)(=O)N2CCC[C@H](C(=O)Nc3cc(C(=O)OC)cc(C(=O)OC)c3)C2)cc1Cl. The molecule has 1 fully saturated rings. The fourth-order valence-corrected chi connectivity index (χ4v) is 5.70. The molecule has 1 atom stereocenters. The van der Waals surface area contributed by atoms with Crippen molar-refractivity contribution in [3.8, 4) is 5.75 Å². The van der Waals surface area contributed by atoms with Gasteiger partial charge in [0.15, 0.2) is 0 Å². The Hall–Kier alpha value is -3.15. The number of esters is 2. The van der Waals surface area contributed by atoms with Gasteiger partial charge in [0.05, 0.1) is 47.8 Å². The second-order valence-corrected chi connectivity index (χ2v) is 10.3. The van der Waals surface area contributed by atoms with Crippen molar-refractivity contribution in [3.05, 3.63) is 52.5 Å². The van der Waals surface area contributed by atoms with Crippen molar-refractivity contribution in [2.45, 2.75) is 24.7 Å². The summed E-state index contributed by atoms with van der Waals surface area (Å²) in [5.74, 6) is -2.11. The fourth-order valence-electron chi connectivity index (χ4n) is 3.85. The van der Waals surface area contributed by atoms with Crippen LogP contribution in [0, 0.1) is 5.92 Å². The van der Waals surface area contributed by atoms with Gasteiger partial charge in [-0.3, -0.25) is 4.79 Å². The van der Waals surface area contributed by atoms with Crippen LogP contribution >= 0.6 is 11.6 Å². The van der Waals surface area contributed by atoms with Crippen LogP contribution in [0.3, 0.4) is 0 Å². The van der Waals surface area contributed by atoms with Crippen LogP contribution in [0.15, 0.2) is 41.3 Å². The van der Waals surface area contributed by atoms with Gasteiger partial charge >= 0.3 is 11.9 Å². The van der Waals surface area contributed by atoms with Gasteiger partial charge in [0.2, 0.25) is 15.9 Å². The Morgan fingerprint density at radius 1 is 1.06 bits per heavy atom. The second kappa shape index (κ2) is 11.7. The van der Waals surface area contributed by atoms with Crippen molar-refractivity contribution in [1.29, 1.82) is 0 Å². The first-order valence-electron chi connectivity index (χ1n) is 11.2. The molecule has 2 aromatic carbocycles. The van der Waals surface area contributed by atoms with E-state index in [4.69, 9.17) is 25.8 Å². The van der Waals surface area contributed by atoms with Crippen LogP contribution in [-0.2, 0) is 24.3 Å². The largest absolute Gasteiger partial charge is 0.492 e. The Balaban J connectivity index is 1.79. The molecule has 0 spiro atoms. The lowest BCUT2D eigenvalue weighted by Gasteiger charge is -2.31. The number of carbonyl (C=O) groups is 3. The highest BCUT2D eigenvalue weighted by Gasteiger charge is 2.34. The second-order valence-electron chi connectivity index (χ2n) is 8.00. The lowest BCUT2D eigenvalue weighted by molar-refractivity contribution is -0.120. The van der Waals surface area contributed by atoms with Crippen LogP contribution in [0.2, 0.25) is 5.02 Å². The lowest BCUT2D eigenvalue weighted by Crippen LogP contribution is -2.43. The Labute approximate surface area is 214 Å². The van der Waals surface area contributed by atoms with Crippen LogP contribution in [0.5, 0.6) is 5.75 Å². The van der Waals surface area contributed by atoms with Crippen molar-refractivity contribution in [1.82, 2.24) is 4.31 Å². The smallest absolute Gasteiger partial charge is 0.337 e. The summed E-state index contributed by atoms with van der Waals surface area (Å²) in [6, 6.07) is 8.29. The average molecular weight is 539 g/mol. The number of rotatable bonds is 8. The molecule has 10 nitrogen and oxygen atoms in total. The maximum atomic E-state index is 13.2. The molecule has 0 saturated carbocycles. The minimum absolute atomic E-state index is 0.00510. The summed E-state index contributed by atoms with van der Waals surface area (Å²) in [6.07, 6.45) is 0.931. The van der Waals surface area contributed by atoms with Gasteiger partial charge in [0, 0.05) is 18.8 Å². The molecule has 0 bridgehead atoms. The van der Waals surface area contributed by atoms with Gasteiger partial charge in [-0.1, -0.05) is 11.6 Å². The van der Waals surface area contributed by atoms with Crippen LogP contribution in [0.1, 0.15) is 40.5 Å².